The van der Waals surface area contributed by atoms with Crippen molar-refractivity contribution in [2.75, 3.05) is 13.2 Å². The van der Waals surface area contributed by atoms with Gasteiger partial charge in [-0.1, -0.05) is 36.4 Å². The molecule has 1 aromatic rings. The molecule has 0 aliphatic rings. The highest BCUT2D eigenvalue weighted by molar-refractivity contribution is 5.78. The third-order valence-corrected chi connectivity index (χ3v) is 2.67. The normalized spacial score (nSPS) is 10.1. The van der Waals surface area contributed by atoms with Crippen molar-refractivity contribution in [1.29, 1.82) is 5.26 Å². The maximum Gasteiger partial charge on any atom is 0.302 e. The van der Waals surface area contributed by atoms with Crippen LogP contribution in [-0.2, 0) is 20.9 Å². The van der Waals surface area contributed by atoms with Gasteiger partial charge in [0.05, 0.1) is 6.07 Å². The Kier molecular flexibility index (Phi) is 7.30. The molecule has 0 saturated carbocycles. The Morgan fingerprint density at radius 3 is 2.62 bits per heavy atom. The molecule has 5 nitrogen and oxygen atoms in total. The third kappa shape index (κ3) is 6.92. The Morgan fingerprint density at radius 2 is 2.00 bits per heavy atom. The molecular formula is C16H18N2O3. The SMILES string of the molecule is CC(=O)OC/C=C\CN(Cc1ccccc1)C(=O)CC#N. The standard InChI is InChI=1S/C16H18N2O3/c1-14(19)21-12-6-5-11-18(16(20)9-10-17)13-15-7-3-2-4-8-15/h2-8H,9,11-13H2,1H3/b6-5-. The molecule has 1 amide bonds. The molecule has 5 heteroatoms. The van der Waals surface area contributed by atoms with E-state index in [9.17, 15) is 9.59 Å². The zero-order valence-electron chi connectivity index (χ0n) is 12.0. The summed E-state index contributed by atoms with van der Waals surface area (Å²) in [5.74, 6) is -0.570. The van der Waals surface area contributed by atoms with Crippen molar-refractivity contribution < 1.29 is 14.3 Å². The molecule has 0 bridgehead atoms. The lowest BCUT2D eigenvalue weighted by molar-refractivity contribution is -0.139. The summed E-state index contributed by atoms with van der Waals surface area (Å²) in [4.78, 5) is 24.1. The van der Waals surface area contributed by atoms with Crippen LogP contribution in [0.1, 0.15) is 18.9 Å². The van der Waals surface area contributed by atoms with Crippen molar-refractivity contribution in [3.63, 3.8) is 0 Å². The van der Waals surface area contributed by atoms with Crippen LogP contribution in [0.25, 0.3) is 0 Å². The van der Waals surface area contributed by atoms with E-state index in [1.807, 2.05) is 36.4 Å². The van der Waals surface area contributed by atoms with E-state index in [1.165, 1.54) is 6.92 Å². The second-order valence-corrected chi connectivity index (χ2v) is 4.37. The molecule has 0 aliphatic carbocycles. The lowest BCUT2D eigenvalue weighted by atomic mass is 10.2. The van der Waals surface area contributed by atoms with Crippen LogP contribution in [0.5, 0.6) is 0 Å². The number of nitrogens with zero attached hydrogens (tertiary/aromatic N) is 2. The van der Waals surface area contributed by atoms with E-state index in [2.05, 4.69) is 0 Å². The predicted octanol–water partition coefficient (Wildman–Crippen LogP) is 2.05. The molecule has 1 aromatic carbocycles. The van der Waals surface area contributed by atoms with Crippen molar-refractivity contribution in [3.05, 3.63) is 48.0 Å². The van der Waals surface area contributed by atoms with Gasteiger partial charge in [-0.05, 0) is 11.6 Å². The van der Waals surface area contributed by atoms with Crippen LogP contribution in [0, 0.1) is 11.3 Å². The molecule has 110 valence electrons. The number of nitriles is 1. The molecule has 0 unspecified atom stereocenters. The molecule has 0 fully saturated rings. The van der Waals surface area contributed by atoms with Crippen LogP contribution in [0.15, 0.2) is 42.5 Å². The van der Waals surface area contributed by atoms with Crippen LogP contribution in [-0.4, -0.2) is 29.9 Å². The van der Waals surface area contributed by atoms with Gasteiger partial charge in [0.2, 0.25) is 5.91 Å². The van der Waals surface area contributed by atoms with Crippen LogP contribution >= 0.6 is 0 Å². The zero-order valence-corrected chi connectivity index (χ0v) is 12.0. The Labute approximate surface area is 124 Å². The number of ether oxygens (including phenoxy) is 1. The summed E-state index contributed by atoms with van der Waals surface area (Å²) in [7, 11) is 0. The first-order chi connectivity index (χ1) is 10.1. The summed E-state index contributed by atoms with van der Waals surface area (Å²) in [6.07, 6.45) is 3.28. The van der Waals surface area contributed by atoms with Gasteiger partial charge in [0.1, 0.15) is 13.0 Å². The van der Waals surface area contributed by atoms with E-state index in [0.29, 0.717) is 13.1 Å². The summed E-state index contributed by atoms with van der Waals surface area (Å²) in [5, 5.41) is 8.65. The molecular weight excluding hydrogens is 268 g/mol. The van der Waals surface area contributed by atoms with E-state index in [0.717, 1.165) is 5.56 Å². The van der Waals surface area contributed by atoms with Gasteiger partial charge >= 0.3 is 5.97 Å². The Hall–Kier alpha value is -2.61. The van der Waals surface area contributed by atoms with Crippen molar-refractivity contribution >= 4 is 11.9 Å². The molecule has 0 spiro atoms. The number of carbonyl (C=O) groups excluding carboxylic acids is 2. The number of benzene rings is 1. The van der Waals surface area contributed by atoms with Gasteiger partial charge in [-0.25, -0.2) is 0 Å². The van der Waals surface area contributed by atoms with E-state index >= 15 is 0 Å². The van der Waals surface area contributed by atoms with Crippen molar-refractivity contribution in [1.82, 2.24) is 4.90 Å². The number of rotatable bonds is 7. The molecule has 0 aromatic heterocycles. The van der Waals surface area contributed by atoms with Gasteiger partial charge < -0.3 is 9.64 Å². The maximum atomic E-state index is 11.9. The molecule has 0 heterocycles. The first kappa shape index (κ1) is 16.4. The average molecular weight is 286 g/mol. The highest BCUT2D eigenvalue weighted by Crippen LogP contribution is 2.06. The molecule has 0 saturated heterocycles. The molecule has 0 atom stereocenters. The van der Waals surface area contributed by atoms with E-state index in [-0.39, 0.29) is 24.9 Å². The summed E-state index contributed by atoms with van der Waals surface area (Å²) >= 11 is 0. The average Bonchev–Trinajstić information content (AvgIpc) is 2.46. The molecule has 1 rings (SSSR count). The maximum absolute atomic E-state index is 11.9. The highest BCUT2D eigenvalue weighted by atomic mass is 16.5. The number of hydrogen-bond acceptors (Lipinski definition) is 4. The van der Waals surface area contributed by atoms with Crippen LogP contribution in [0.2, 0.25) is 0 Å². The lowest BCUT2D eigenvalue weighted by Gasteiger charge is -2.20. The summed E-state index contributed by atoms with van der Waals surface area (Å²) in [6.45, 7) is 2.34. The van der Waals surface area contributed by atoms with Crippen LogP contribution < -0.4 is 0 Å². The third-order valence-electron chi connectivity index (χ3n) is 2.67. The monoisotopic (exact) mass is 286 g/mol. The largest absolute Gasteiger partial charge is 0.462 e. The molecule has 0 aliphatic heterocycles. The van der Waals surface area contributed by atoms with Gasteiger partial charge in [0, 0.05) is 20.0 Å². The van der Waals surface area contributed by atoms with Crippen LogP contribution in [0.3, 0.4) is 0 Å². The number of hydrogen-bond donors (Lipinski definition) is 0. The summed E-state index contributed by atoms with van der Waals surface area (Å²) < 4.78 is 4.77. The topological polar surface area (TPSA) is 70.4 Å². The molecule has 0 N–H and O–H groups in total. The Balaban J connectivity index is 2.59. The molecule has 21 heavy (non-hydrogen) atoms. The van der Waals surface area contributed by atoms with Crippen LogP contribution in [0.4, 0.5) is 0 Å². The number of amides is 1. The minimum Gasteiger partial charge on any atom is -0.462 e. The fourth-order valence-corrected chi connectivity index (χ4v) is 1.67. The van der Waals surface area contributed by atoms with Crippen molar-refractivity contribution in [3.8, 4) is 6.07 Å². The van der Waals surface area contributed by atoms with Gasteiger partial charge in [-0.15, -0.1) is 0 Å². The Morgan fingerprint density at radius 1 is 1.29 bits per heavy atom. The first-order valence-corrected chi connectivity index (χ1v) is 6.60. The predicted molar refractivity (Wildman–Crippen MR) is 77.9 cm³/mol. The van der Waals surface area contributed by atoms with E-state index < -0.39 is 0 Å². The second kappa shape index (κ2) is 9.32. The summed E-state index contributed by atoms with van der Waals surface area (Å²) in [6, 6.07) is 11.4. The highest BCUT2D eigenvalue weighted by Gasteiger charge is 2.11. The van der Waals surface area contributed by atoms with Gasteiger partial charge in [0.25, 0.3) is 0 Å². The quantitative estimate of drug-likeness (QED) is 0.568. The molecule has 0 radical (unpaired) electrons. The van der Waals surface area contributed by atoms with E-state index in [1.54, 1.807) is 17.1 Å². The lowest BCUT2D eigenvalue weighted by Crippen LogP contribution is -2.30. The first-order valence-electron chi connectivity index (χ1n) is 6.60. The minimum atomic E-state index is -0.346. The number of carbonyl (C=O) groups is 2. The van der Waals surface area contributed by atoms with Gasteiger partial charge in [-0.3, -0.25) is 9.59 Å². The zero-order chi connectivity index (χ0) is 15.5. The minimum absolute atomic E-state index is 0.148. The van der Waals surface area contributed by atoms with Gasteiger partial charge in [-0.2, -0.15) is 5.26 Å². The fraction of sp³-hybridized carbons (Fsp3) is 0.312. The smallest absolute Gasteiger partial charge is 0.302 e. The van der Waals surface area contributed by atoms with Crippen molar-refractivity contribution in [2.24, 2.45) is 0 Å². The van der Waals surface area contributed by atoms with Crippen molar-refractivity contribution in [2.45, 2.75) is 19.9 Å². The second-order valence-electron chi connectivity index (χ2n) is 4.37. The summed E-state index contributed by atoms with van der Waals surface area (Å²) in [5.41, 5.74) is 0.997. The Bertz CT molecular complexity index is 532. The van der Waals surface area contributed by atoms with Gasteiger partial charge in [0.15, 0.2) is 0 Å². The fourth-order valence-electron chi connectivity index (χ4n) is 1.67. The van der Waals surface area contributed by atoms with E-state index in [4.69, 9.17) is 10.00 Å². The number of esters is 1.